The molecule has 1 aliphatic carbocycles. The predicted octanol–water partition coefficient (Wildman–Crippen LogP) is 3.96. The van der Waals surface area contributed by atoms with Gasteiger partial charge in [-0.05, 0) is 50.1 Å². The van der Waals surface area contributed by atoms with E-state index in [-0.39, 0.29) is 11.8 Å². The SMILES string of the molecule is CCOC(=O)/C=C/c1c(C2CC2)nn(C)c1-n1ccc2cc(F)ccc21. The minimum absolute atomic E-state index is 0.263. The van der Waals surface area contributed by atoms with Crippen LogP contribution in [0.1, 0.15) is 36.9 Å². The fourth-order valence-corrected chi connectivity index (χ4v) is 3.30. The van der Waals surface area contributed by atoms with Crippen molar-refractivity contribution in [1.82, 2.24) is 14.3 Å². The molecule has 5 nitrogen and oxygen atoms in total. The van der Waals surface area contributed by atoms with Gasteiger partial charge in [0.25, 0.3) is 0 Å². The summed E-state index contributed by atoms with van der Waals surface area (Å²) in [5, 5.41) is 5.51. The minimum Gasteiger partial charge on any atom is -0.463 e. The van der Waals surface area contributed by atoms with E-state index in [2.05, 4.69) is 0 Å². The molecular weight excluding hydrogens is 333 g/mol. The quantitative estimate of drug-likeness (QED) is 0.515. The Kier molecular flexibility index (Phi) is 4.11. The van der Waals surface area contributed by atoms with Gasteiger partial charge in [-0.15, -0.1) is 0 Å². The topological polar surface area (TPSA) is 49.0 Å². The van der Waals surface area contributed by atoms with Crippen LogP contribution in [0.3, 0.4) is 0 Å². The molecule has 1 fully saturated rings. The number of aryl methyl sites for hydroxylation is 1. The van der Waals surface area contributed by atoms with Gasteiger partial charge in [0.15, 0.2) is 0 Å². The molecule has 0 amide bonds. The number of carbonyl (C=O) groups excluding carboxylic acids is 1. The number of halogens is 1. The van der Waals surface area contributed by atoms with Gasteiger partial charge in [-0.2, -0.15) is 5.10 Å². The lowest BCUT2D eigenvalue weighted by Crippen LogP contribution is -2.03. The lowest BCUT2D eigenvalue weighted by molar-refractivity contribution is -0.137. The first-order valence-corrected chi connectivity index (χ1v) is 8.77. The van der Waals surface area contributed by atoms with Gasteiger partial charge in [-0.1, -0.05) is 0 Å². The van der Waals surface area contributed by atoms with Crippen LogP contribution in [0, 0.1) is 5.82 Å². The zero-order valence-electron chi connectivity index (χ0n) is 14.8. The molecule has 134 valence electrons. The average molecular weight is 353 g/mol. The Bertz CT molecular complexity index is 1010. The summed E-state index contributed by atoms with van der Waals surface area (Å²) < 4.78 is 22.3. The third-order valence-corrected chi connectivity index (χ3v) is 4.60. The molecule has 1 saturated carbocycles. The van der Waals surface area contributed by atoms with Crippen molar-refractivity contribution in [3.63, 3.8) is 0 Å². The Balaban J connectivity index is 1.85. The summed E-state index contributed by atoms with van der Waals surface area (Å²) >= 11 is 0. The van der Waals surface area contributed by atoms with Crippen LogP contribution in [0.5, 0.6) is 0 Å². The van der Waals surface area contributed by atoms with Crippen molar-refractivity contribution >= 4 is 22.9 Å². The Morgan fingerprint density at radius 2 is 2.19 bits per heavy atom. The molecule has 3 aromatic rings. The van der Waals surface area contributed by atoms with E-state index in [0.717, 1.165) is 40.8 Å². The van der Waals surface area contributed by atoms with E-state index in [0.29, 0.717) is 12.5 Å². The van der Waals surface area contributed by atoms with Crippen LogP contribution in [0.15, 0.2) is 36.5 Å². The molecule has 2 aromatic heterocycles. The minimum atomic E-state index is -0.372. The normalized spacial score (nSPS) is 14.4. The van der Waals surface area contributed by atoms with E-state index >= 15 is 0 Å². The van der Waals surface area contributed by atoms with Gasteiger partial charge in [-0.3, -0.25) is 4.68 Å². The first kappa shape index (κ1) is 16.6. The largest absolute Gasteiger partial charge is 0.463 e. The van der Waals surface area contributed by atoms with Crippen molar-refractivity contribution in [2.75, 3.05) is 6.61 Å². The Morgan fingerprint density at radius 3 is 2.92 bits per heavy atom. The molecular formula is C20H20FN3O2. The van der Waals surface area contributed by atoms with Crippen molar-refractivity contribution in [1.29, 1.82) is 0 Å². The zero-order chi connectivity index (χ0) is 18.3. The third-order valence-electron chi connectivity index (χ3n) is 4.60. The number of hydrogen-bond acceptors (Lipinski definition) is 3. The highest BCUT2D eigenvalue weighted by atomic mass is 19.1. The summed E-state index contributed by atoms with van der Waals surface area (Å²) in [5.41, 5.74) is 2.79. The first-order valence-electron chi connectivity index (χ1n) is 8.77. The zero-order valence-corrected chi connectivity index (χ0v) is 14.8. The number of ether oxygens (including phenoxy) is 1. The van der Waals surface area contributed by atoms with E-state index < -0.39 is 0 Å². The fourth-order valence-electron chi connectivity index (χ4n) is 3.30. The molecule has 0 saturated heterocycles. The molecule has 0 aliphatic heterocycles. The molecule has 0 unspecified atom stereocenters. The number of hydrogen-bond donors (Lipinski definition) is 0. The molecule has 0 bridgehead atoms. The summed E-state index contributed by atoms with van der Waals surface area (Å²) in [7, 11) is 1.89. The van der Waals surface area contributed by atoms with Gasteiger partial charge >= 0.3 is 5.97 Å². The van der Waals surface area contributed by atoms with E-state index in [1.165, 1.54) is 18.2 Å². The molecule has 0 N–H and O–H groups in total. The maximum absolute atomic E-state index is 13.5. The van der Waals surface area contributed by atoms with Crippen LogP contribution >= 0.6 is 0 Å². The molecule has 6 heteroatoms. The third kappa shape index (κ3) is 2.92. The van der Waals surface area contributed by atoms with Crippen molar-refractivity contribution in [2.45, 2.75) is 25.7 Å². The van der Waals surface area contributed by atoms with Crippen LogP contribution in [0.4, 0.5) is 4.39 Å². The lowest BCUT2D eigenvalue weighted by atomic mass is 10.1. The predicted molar refractivity (Wildman–Crippen MR) is 97.6 cm³/mol. The van der Waals surface area contributed by atoms with E-state index in [1.54, 1.807) is 19.1 Å². The fraction of sp³-hybridized carbons (Fsp3) is 0.300. The molecule has 26 heavy (non-hydrogen) atoms. The molecule has 0 spiro atoms. The summed E-state index contributed by atoms with van der Waals surface area (Å²) in [6.45, 7) is 2.12. The number of fused-ring (bicyclic) bond motifs is 1. The van der Waals surface area contributed by atoms with Crippen molar-refractivity contribution in [2.24, 2.45) is 7.05 Å². The van der Waals surface area contributed by atoms with E-state index in [1.807, 2.05) is 28.6 Å². The average Bonchev–Trinajstić information content (AvgIpc) is 3.30. The smallest absolute Gasteiger partial charge is 0.330 e. The summed E-state index contributed by atoms with van der Waals surface area (Å²) in [6.07, 6.45) is 7.34. The second kappa shape index (κ2) is 6.44. The number of carbonyl (C=O) groups is 1. The van der Waals surface area contributed by atoms with Crippen molar-refractivity contribution in [3.8, 4) is 5.82 Å². The van der Waals surface area contributed by atoms with Crippen molar-refractivity contribution < 1.29 is 13.9 Å². The highest BCUT2D eigenvalue weighted by molar-refractivity contribution is 5.89. The van der Waals surface area contributed by atoms with Crippen LogP contribution in [-0.4, -0.2) is 26.9 Å². The monoisotopic (exact) mass is 353 g/mol. The highest BCUT2D eigenvalue weighted by Crippen LogP contribution is 2.43. The molecule has 0 radical (unpaired) electrons. The van der Waals surface area contributed by atoms with Gasteiger partial charge in [0.2, 0.25) is 0 Å². The summed E-state index contributed by atoms with van der Waals surface area (Å²) in [4.78, 5) is 11.8. The lowest BCUT2D eigenvalue weighted by Gasteiger charge is -2.08. The Hall–Kier alpha value is -2.89. The molecule has 0 atom stereocenters. The van der Waals surface area contributed by atoms with E-state index in [4.69, 9.17) is 9.84 Å². The van der Waals surface area contributed by atoms with Crippen LogP contribution in [-0.2, 0) is 16.6 Å². The van der Waals surface area contributed by atoms with Gasteiger partial charge in [0.1, 0.15) is 11.6 Å². The summed E-state index contributed by atoms with van der Waals surface area (Å²) in [6, 6.07) is 6.59. The van der Waals surface area contributed by atoms with Crippen LogP contribution in [0.25, 0.3) is 22.8 Å². The second-order valence-electron chi connectivity index (χ2n) is 6.49. The van der Waals surface area contributed by atoms with Crippen LogP contribution < -0.4 is 0 Å². The number of rotatable bonds is 5. The number of benzene rings is 1. The number of aromatic nitrogens is 3. The maximum Gasteiger partial charge on any atom is 0.330 e. The second-order valence-corrected chi connectivity index (χ2v) is 6.49. The van der Waals surface area contributed by atoms with E-state index in [9.17, 15) is 9.18 Å². The van der Waals surface area contributed by atoms with Gasteiger partial charge in [0, 0.05) is 36.2 Å². The number of esters is 1. The maximum atomic E-state index is 13.5. The highest BCUT2D eigenvalue weighted by Gasteiger charge is 2.31. The number of nitrogens with zero attached hydrogens (tertiary/aromatic N) is 3. The Morgan fingerprint density at radius 1 is 1.38 bits per heavy atom. The van der Waals surface area contributed by atoms with Crippen LogP contribution in [0.2, 0.25) is 0 Å². The molecule has 1 aromatic carbocycles. The standard InChI is InChI=1S/C20H20FN3O2/c1-3-26-18(25)9-7-16-19(13-4-5-13)22-23(2)20(16)24-11-10-14-12-15(21)6-8-17(14)24/h6-13H,3-5H2,1-2H3/b9-7+. The van der Waals surface area contributed by atoms with Gasteiger partial charge in [0.05, 0.1) is 17.8 Å². The molecule has 4 rings (SSSR count). The van der Waals surface area contributed by atoms with Gasteiger partial charge in [-0.25, -0.2) is 9.18 Å². The first-order chi connectivity index (χ1) is 12.6. The van der Waals surface area contributed by atoms with Crippen molar-refractivity contribution in [3.05, 3.63) is 53.6 Å². The molecule has 2 heterocycles. The molecule has 1 aliphatic rings. The Labute approximate surface area is 150 Å². The van der Waals surface area contributed by atoms with Gasteiger partial charge < -0.3 is 9.30 Å². The summed E-state index contributed by atoms with van der Waals surface area (Å²) in [5.74, 6) is 0.648.